The van der Waals surface area contributed by atoms with Crippen LogP contribution in [-0.4, -0.2) is 50.9 Å². The van der Waals surface area contributed by atoms with Crippen molar-refractivity contribution in [2.75, 3.05) is 18.0 Å². The molecule has 49 heavy (non-hydrogen) atoms. The van der Waals surface area contributed by atoms with Gasteiger partial charge in [0.15, 0.2) is 0 Å². The Bertz CT molecular complexity index is 1830. The third-order valence-electron chi connectivity index (χ3n) is 9.01. The van der Waals surface area contributed by atoms with E-state index in [1.54, 1.807) is 23.1 Å². The summed E-state index contributed by atoms with van der Waals surface area (Å²) in [4.78, 5) is 30.6. The summed E-state index contributed by atoms with van der Waals surface area (Å²) in [7, 11) is -2.74. The smallest absolute Gasteiger partial charge is 0.264 e. The van der Waals surface area contributed by atoms with Crippen molar-refractivity contribution in [3.8, 4) is 5.75 Å². The lowest BCUT2D eigenvalue weighted by Crippen LogP contribution is -2.55. The molecule has 0 aliphatic heterocycles. The van der Waals surface area contributed by atoms with Gasteiger partial charge in [0.2, 0.25) is 11.8 Å². The lowest BCUT2D eigenvalue weighted by Gasteiger charge is -2.35. The zero-order chi connectivity index (χ0) is 35.0. The number of anilines is 1. The zero-order valence-corrected chi connectivity index (χ0v) is 30.7. The zero-order valence-electron chi connectivity index (χ0n) is 28.3. The molecular weight excluding hydrogens is 702 g/mol. The quantitative estimate of drug-likeness (QED) is 0.154. The van der Waals surface area contributed by atoms with Crippen LogP contribution in [-0.2, 0) is 32.6 Å². The Balaban J connectivity index is 1.57. The van der Waals surface area contributed by atoms with Gasteiger partial charge in [0, 0.05) is 19.0 Å². The van der Waals surface area contributed by atoms with Gasteiger partial charge in [-0.1, -0.05) is 97.1 Å². The second-order valence-electron chi connectivity index (χ2n) is 12.7. The second-order valence-corrected chi connectivity index (χ2v) is 15.4. The maximum atomic E-state index is 14.7. The number of methoxy groups -OCH3 is 1. The number of amides is 2. The lowest BCUT2D eigenvalue weighted by atomic mass is 9.94. The first-order valence-electron chi connectivity index (χ1n) is 16.7. The molecule has 0 radical (unpaired) electrons. The third-order valence-corrected chi connectivity index (χ3v) is 11.4. The van der Waals surface area contributed by atoms with Crippen molar-refractivity contribution >= 4 is 43.5 Å². The molecule has 0 spiro atoms. The van der Waals surface area contributed by atoms with E-state index in [0.717, 1.165) is 58.7 Å². The van der Waals surface area contributed by atoms with Gasteiger partial charge in [0.25, 0.3) is 10.0 Å². The van der Waals surface area contributed by atoms with E-state index in [4.69, 9.17) is 4.74 Å². The molecule has 8 nitrogen and oxygen atoms in total. The number of carbonyl (C=O) groups excluding carboxylic acids is 2. The van der Waals surface area contributed by atoms with Gasteiger partial charge >= 0.3 is 0 Å². The van der Waals surface area contributed by atoms with E-state index in [2.05, 4.69) is 21.2 Å². The molecule has 0 heterocycles. The summed E-state index contributed by atoms with van der Waals surface area (Å²) in [5, 5.41) is 3.25. The normalized spacial score (nSPS) is 14.1. The van der Waals surface area contributed by atoms with Crippen LogP contribution < -0.4 is 14.4 Å². The molecule has 0 aromatic heterocycles. The van der Waals surface area contributed by atoms with E-state index in [0.29, 0.717) is 15.9 Å². The summed E-state index contributed by atoms with van der Waals surface area (Å²) < 4.78 is 35.7. The van der Waals surface area contributed by atoms with Crippen LogP contribution in [0.3, 0.4) is 0 Å². The number of nitrogens with zero attached hydrogens (tertiary/aromatic N) is 2. The van der Waals surface area contributed by atoms with E-state index >= 15 is 0 Å². The summed E-state index contributed by atoms with van der Waals surface area (Å²) in [5.41, 5.74) is 4.10. The van der Waals surface area contributed by atoms with E-state index in [-0.39, 0.29) is 29.8 Å². The summed E-state index contributed by atoms with van der Waals surface area (Å²) in [5.74, 6) is -0.244. The number of sulfonamides is 1. The van der Waals surface area contributed by atoms with E-state index in [9.17, 15) is 18.0 Å². The number of benzene rings is 4. The minimum atomic E-state index is -4.25. The highest BCUT2D eigenvalue weighted by atomic mass is 79.9. The minimum absolute atomic E-state index is 0.00508. The van der Waals surface area contributed by atoms with Gasteiger partial charge in [-0.15, -0.1) is 0 Å². The fourth-order valence-electron chi connectivity index (χ4n) is 6.16. The van der Waals surface area contributed by atoms with Crippen molar-refractivity contribution in [1.82, 2.24) is 10.2 Å². The van der Waals surface area contributed by atoms with Crippen molar-refractivity contribution in [2.24, 2.45) is 0 Å². The van der Waals surface area contributed by atoms with Crippen molar-refractivity contribution in [1.29, 1.82) is 0 Å². The lowest BCUT2D eigenvalue weighted by molar-refractivity contribution is -0.140. The van der Waals surface area contributed by atoms with Crippen LogP contribution >= 0.6 is 15.9 Å². The first-order valence-corrected chi connectivity index (χ1v) is 18.9. The SMILES string of the molecule is COc1ccc(S(=O)(=O)N(CC(=O)N(Cc2ccc(C)cc2)C(Cc2ccccc2)C(=O)NC2CCCCC2)c2ccc(C)cc2)cc1Br. The van der Waals surface area contributed by atoms with E-state index < -0.39 is 28.5 Å². The maximum absolute atomic E-state index is 14.7. The Labute approximate surface area is 298 Å². The Kier molecular flexibility index (Phi) is 12.2. The van der Waals surface area contributed by atoms with Crippen LogP contribution in [0.1, 0.15) is 54.4 Å². The first-order chi connectivity index (χ1) is 23.5. The first kappa shape index (κ1) is 36.1. The standard InChI is InChI=1S/C39H44BrN3O5S/c1-28-14-18-31(19-15-28)26-42(36(24-30-10-6-4-7-11-30)39(45)41-32-12-8-5-9-13-32)38(44)27-43(33-20-16-29(2)17-21-33)49(46,47)34-22-23-37(48-3)35(40)25-34/h4,6-7,10-11,14-23,25,32,36H,5,8-9,12-13,24,26-27H2,1-3H3,(H,41,45). The predicted octanol–water partition coefficient (Wildman–Crippen LogP) is 7.36. The fourth-order valence-corrected chi connectivity index (χ4v) is 8.30. The highest BCUT2D eigenvalue weighted by Crippen LogP contribution is 2.31. The van der Waals surface area contributed by atoms with Crippen LogP contribution in [0, 0.1) is 13.8 Å². The molecule has 1 N–H and O–H groups in total. The molecule has 10 heteroatoms. The van der Waals surface area contributed by atoms with Crippen LogP contribution in [0.2, 0.25) is 0 Å². The third kappa shape index (κ3) is 9.30. The van der Waals surface area contributed by atoms with Gasteiger partial charge in [-0.2, -0.15) is 0 Å². The van der Waals surface area contributed by atoms with Crippen LogP contribution in [0.5, 0.6) is 5.75 Å². The van der Waals surface area contributed by atoms with Crippen molar-refractivity contribution in [3.05, 3.63) is 124 Å². The van der Waals surface area contributed by atoms with Gasteiger partial charge in [0.1, 0.15) is 18.3 Å². The van der Waals surface area contributed by atoms with Crippen LogP contribution in [0.25, 0.3) is 0 Å². The monoisotopic (exact) mass is 745 g/mol. The Morgan fingerprint density at radius 2 is 1.49 bits per heavy atom. The van der Waals surface area contributed by atoms with E-state index in [1.807, 2.05) is 80.6 Å². The van der Waals surface area contributed by atoms with Gasteiger partial charge < -0.3 is 15.0 Å². The predicted molar refractivity (Wildman–Crippen MR) is 197 cm³/mol. The highest BCUT2D eigenvalue weighted by Gasteiger charge is 2.35. The Morgan fingerprint density at radius 1 is 0.857 bits per heavy atom. The molecule has 258 valence electrons. The average Bonchev–Trinajstić information content (AvgIpc) is 3.10. The Morgan fingerprint density at radius 3 is 2.10 bits per heavy atom. The summed E-state index contributed by atoms with van der Waals surface area (Å²) in [6.45, 7) is 3.52. The van der Waals surface area contributed by atoms with Gasteiger partial charge in [-0.05, 0) is 84.1 Å². The molecular formula is C39H44BrN3O5S. The van der Waals surface area contributed by atoms with Gasteiger partial charge in [-0.25, -0.2) is 8.42 Å². The molecule has 1 saturated carbocycles. The fraction of sp³-hybridized carbons (Fsp3) is 0.333. The molecule has 0 saturated heterocycles. The number of hydrogen-bond acceptors (Lipinski definition) is 5. The maximum Gasteiger partial charge on any atom is 0.264 e. The average molecular weight is 747 g/mol. The molecule has 1 fully saturated rings. The molecule has 1 atom stereocenters. The van der Waals surface area contributed by atoms with Gasteiger partial charge in [-0.3, -0.25) is 13.9 Å². The van der Waals surface area contributed by atoms with Crippen LogP contribution in [0.4, 0.5) is 5.69 Å². The van der Waals surface area contributed by atoms with Crippen LogP contribution in [0.15, 0.2) is 106 Å². The highest BCUT2D eigenvalue weighted by molar-refractivity contribution is 9.10. The molecule has 5 rings (SSSR count). The number of halogens is 1. The molecule has 4 aromatic carbocycles. The number of carbonyl (C=O) groups is 2. The van der Waals surface area contributed by atoms with Crippen molar-refractivity contribution in [2.45, 2.75) is 75.9 Å². The topological polar surface area (TPSA) is 96.0 Å². The summed E-state index contributed by atoms with van der Waals surface area (Å²) in [6.07, 6.45) is 5.31. The molecule has 4 aromatic rings. The number of rotatable bonds is 13. The largest absolute Gasteiger partial charge is 0.496 e. The summed E-state index contributed by atoms with van der Waals surface area (Å²) >= 11 is 3.41. The number of hydrogen-bond donors (Lipinski definition) is 1. The molecule has 1 aliphatic rings. The van der Waals surface area contributed by atoms with E-state index in [1.165, 1.54) is 19.2 Å². The second kappa shape index (κ2) is 16.5. The number of nitrogens with one attached hydrogen (secondary N) is 1. The van der Waals surface area contributed by atoms with Gasteiger partial charge in [0.05, 0.1) is 22.2 Å². The molecule has 1 aliphatic carbocycles. The Hall–Kier alpha value is -4.15. The van der Waals surface area contributed by atoms with Crippen molar-refractivity contribution in [3.63, 3.8) is 0 Å². The van der Waals surface area contributed by atoms with Crippen molar-refractivity contribution < 1.29 is 22.7 Å². The molecule has 0 bridgehead atoms. The molecule has 1 unspecified atom stereocenters. The minimum Gasteiger partial charge on any atom is -0.496 e. The number of aryl methyl sites for hydroxylation is 2. The number of ether oxygens (including phenoxy) is 1. The summed E-state index contributed by atoms with van der Waals surface area (Å²) in [6, 6.07) is 28.1. The molecule has 2 amide bonds.